The van der Waals surface area contributed by atoms with E-state index in [4.69, 9.17) is 23.2 Å². The molecule has 0 bridgehead atoms. The van der Waals surface area contributed by atoms with E-state index < -0.39 is 23.0 Å². The molecule has 0 aliphatic heterocycles. The van der Waals surface area contributed by atoms with Crippen molar-refractivity contribution >= 4 is 34.1 Å². The fourth-order valence-electron chi connectivity index (χ4n) is 3.52. The van der Waals surface area contributed by atoms with Crippen molar-refractivity contribution in [2.45, 2.75) is 6.18 Å². The maximum absolute atomic E-state index is 13.3. The Morgan fingerprint density at radius 1 is 0.935 bits per heavy atom. The number of fused-ring (bicyclic) bond motifs is 1. The zero-order valence-corrected chi connectivity index (χ0v) is 17.7. The predicted octanol–water partition coefficient (Wildman–Crippen LogP) is 5.02. The van der Waals surface area contributed by atoms with Gasteiger partial charge in [0.1, 0.15) is 0 Å². The maximum Gasteiger partial charge on any atom is 0.416 e. The molecule has 0 N–H and O–H groups in total. The van der Waals surface area contributed by atoms with Gasteiger partial charge in [0.25, 0.3) is 5.56 Å². The molecular weight excluding hydrogens is 454 g/mol. The number of aromatic nitrogens is 3. The van der Waals surface area contributed by atoms with Gasteiger partial charge in [-0.25, -0.2) is 4.79 Å². The summed E-state index contributed by atoms with van der Waals surface area (Å²) in [4.78, 5) is 25.5. The third-order valence-corrected chi connectivity index (χ3v) is 5.62. The van der Waals surface area contributed by atoms with Crippen molar-refractivity contribution in [1.29, 1.82) is 0 Å². The number of hydrogen-bond donors (Lipinski definition) is 0. The number of halogens is 5. The molecule has 4 aromatic rings. The molecule has 0 radical (unpaired) electrons. The van der Waals surface area contributed by atoms with Crippen molar-refractivity contribution in [3.8, 4) is 16.9 Å². The number of nitrogens with zero attached hydrogens (tertiary/aromatic N) is 3. The van der Waals surface area contributed by atoms with E-state index in [0.717, 1.165) is 16.7 Å². The third kappa shape index (κ3) is 3.45. The molecule has 5 nitrogen and oxygen atoms in total. The molecule has 0 aliphatic rings. The van der Waals surface area contributed by atoms with Crippen LogP contribution in [0.1, 0.15) is 5.56 Å². The van der Waals surface area contributed by atoms with Crippen LogP contribution in [0.5, 0.6) is 0 Å². The maximum atomic E-state index is 13.3. The van der Waals surface area contributed by atoms with Crippen LogP contribution in [0.4, 0.5) is 13.2 Å². The number of rotatable bonds is 2. The average molecular weight is 468 g/mol. The van der Waals surface area contributed by atoms with Gasteiger partial charge in [0.2, 0.25) is 0 Å². The second-order valence-electron chi connectivity index (χ2n) is 6.99. The van der Waals surface area contributed by atoms with Crippen molar-refractivity contribution in [2.75, 3.05) is 0 Å². The Kier molecular flexibility index (Phi) is 5.02. The van der Waals surface area contributed by atoms with Crippen molar-refractivity contribution in [2.24, 2.45) is 14.1 Å². The highest BCUT2D eigenvalue weighted by Crippen LogP contribution is 2.37. The standard InChI is InChI=1S/C21H14Cl2F3N3O2/c1-27-16-10-29(13-5-3-4-11(8-13)21(24,25)26)18(14-7-6-12(22)9-15(14)23)17(16)19(30)28(2)20(27)31/h3-10H,1-2H3. The van der Waals surface area contributed by atoms with Crippen molar-refractivity contribution in [3.05, 3.63) is 85.1 Å². The minimum Gasteiger partial charge on any atom is -0.314 e. The summed E-state index contributed by atoms with van der Waals surface area (Å²) >= 11 is 12.4. The lowest BCUT2D eigenvalue weighted by Crippen LogP contribution is -2.36. The summed E-state index contributed by atoms with van der Waals surface area (Å²) in [5, 5.41) is 0.707. The third-order valence-electron chi connectivity index (χ3n) is 5.08. The first kappa shape index (κ1) is 21.3. The Balaban J connectivity index is 2.19. The lowest BCUT2D eigenvalue weighted by molar-refractivity contribution is -0.137. The average Bonchev–Trinajstić information content (AvgIpc) is 3.11. The molecule has 0 aliphatic carbocycles. The molecule has 2 aromatic carbocycles. The monoisotopic (exact) mass is 467 g/mol. The Morgan fingerprint density at radius 2 is 1.65 bits per heavy atom. The summed E-state index contributed by atoms with van der Waals surface area (Å²) in [6.07, 6.45) is -3.10. The van der Waals surface area contributed by atoms with Crippen molar-refractivity contribution in [1.82, 2.24) is 13.7 Å². The topological polar surface area (TPSA) is 48.9 Å². The first-order valence-electron chi connectivity index (χ1n) is 8.95. The van der Waals surface area contributed by atoms with E-state index in [1.165, 1.54) is 47.6 Å². The van der Waals surface area contributed by atoms with E-state index in [9.17, 15) is 22.8 Å². The minimum absolute atomic E-state index is 0.145. The van der Waals surface area contributed by atoms with Crippen LogP contribution in [0.2, 0.25) is 10.0 Å². The highest BCUT2D eigenvalue weighted by Gasteiger charge is 2.31. The van der Waals surface area contributed by atoms with E-state index in [-0.39, 0.29) is 27.3 Å². The summed E-state index contributed by atoms with van der Waals surface area (Å²) < 4.78 is 43.6. The molecule has 0 saturated carbocycles. The zero-order chi connectivity index (χ0) is 22.7. The van der Waals surface area contributed by atoms with Gasteiger partial charge in [0.05, 0.1) is 27.2 Å². The first-order chi connectivity index (χ1) is 14.5. The summed E-state index contributed by atoms with van der Waals surface area (Å²) in [7, 11) is 2.81. The van der Waals surface area contributed by atoms with Crippen LogP contribution in [0.25, 0.3) is 27.8 Å². The predicted molar refractivity (Wildman–Crippen MR) is 114 cm³/mol. The van der Waals surface area contributed by atoms with Gasteiger partial charge in [-0.05, 0) is 36.4 Å². The zero-order valence-electron chi connectivity index (χ0n) is 16.2. The van der Waals surface area contributed by atoms with Gasteiger partial charge in [0, 0.05) is 36.6 Å². The van der Waals surface area contributed by atoms with Crippen molar-refractivity contribution < 1.29 is 13.2 Å². The minimum atomic E-state index is -4.55. The molecule has 10 heteroatoms. The lowest BCUT2D eigenvalue weighted by Gasteiger charge is -2.14. The number of benzene rings is 2. The van der Waals surface area contributed by atoms with Gasteiger partial charge in [0.15, 0.2) is 0 Å². The van der Waals surface area contributed by atoms with E-state index >= 15 is 0 Å². The van der Waals surface area contributed by atoms with Gasteiger partial charge in [-0.1, -0.05) is 29.3 Å². The fraction of sp³-hybridized carbons (Fsp3) is 0.143. The quantitative estimate of drug-likeness (QED) is 0.415. The van der Waals surface area contributed by atoms with E-state index in [0.29, 0.717) is 10.6 Å². The molecule has 2 heterocycles. The van der Waals surface area contributed by atoms with Crippen LogP contribution < -0.4 is 11.2 Å². The normalized spacial score (nSPS) is 12.0. The molecule has 2 aromatic heterocycles. The van der Waals surface area contributed by atoms with Gasteiger partial charge < -0.3 is 4.57 Å². The summed E-state index contributed by atoms with van der Waals surface area (Å²) in [5.41, 5.74) is -0.954. The highest BCUT2D eigenvalue weighted by molar-refractivity contribution is 6.36. The largest absolute Gasteiger partial charge is 0.416 e. The molecule has 31 heavy (non-hydrogen) atoms. The van der Waals surface area contributed by atoms with E-state index in [1.54, 1.807) is 12.1 Å². The van der Waals surface area contributed by atoms with Crippen LogP contribution in [0.15, 0.2) is 58.3 Å². The molecule has 4 rings (SSSR count). The molecule has 0 amide bonds. The second kappa shape index (κ2) is 7.32. The molecule has 0 spiro atoms. The Morgan fingerprint density at radius 3 is 2.29 bits per heavy atom. The summed E-state index contributed by atoms with van der Waals surface area (Å²) in [6.45, 7) is 0. The number of hydrogen-bond acceptors (Lipinski definition) is 2. The second-order valence-corrected chi connectivity index (χ2v) is 7.83. The van der Waals surface area contributed by atoms with Gasteiger partial charge in [-0.3, -0.25) is 13.9 Å². The molecule has 160 valence electrons. The van der Waals surface area contributed by atoms with Crippen LogP contribution in [0, 0.1) is 0 Å². The molecule has 0 unspecified atom stereocenters. The Labute approximate surface area is 183 Å². The number of aryl methyl sites for hydroxylation is 1. The van der Waals surface area contributed by atoms with Gasteiger partial charge in [-0.15, -0.1) is 0 Å². The molecule has 0 saturated heterocycles. The van der Waals surface area contributed by atoms with Crippen molar-refractivity contribution in [3.63, 3.8) is 0 Å². The molecule has 0 fully saturated rings. The highest BCUT2D eigenvalue weighted by atomic mass is 35.5. The molecule has 0 atom stereocenters. The fourth-order valence-corrected chi connectivity index (χ4v) is 4.02. The van der Waals surface area contributed by atoms with Gasteiger partial charge >= 0.3 is 11.9 Å². The smallest absolute Gasteiger partial charge is 0.314 e. The van der Waals surface area contributed by atoms with E-state index in [2.05, 4.69) is 0 Å². The van der Waals surface area contributed by atoms with Crippen LogP contribution >= 0.6 is 23.2 Å². The van der Waals surface area contributed by atoms with Crippen LogP contribution in [-0.2, 0) is 20.3 Å². The summed E-state index contributed by atoms with van der Waals surface area (Å²) in [5.74, 6) is 0. The Bertz CT molecular complexity index is 1470. The lowest BCUT2D eigenvalue weighted by atomic mass is 10.1. The first-order valence-corrected chi connectivity index (χ1v) is 9.70. The number of alkyl halides is 3. The Hall–Kier alpha value is -2.97. The SMILES string of the molecule is Cn1c(=O)c2c(-c3ccc(Cl)cc3Cl)n(-c3cccc(C(F)(F)F)c3)cc2n(C)c1=O. The van der Waals surface area contributed by atoms with Crippen LogP contribution in [0.3, 0.4) is 0 Å². The summed E-state index contributed by atoms with van der Waals surface area (Å²) in [6, 6.07) is 9.28. The van der Waals surface area contributed by atoms with Crippen LogP contribution in [-0.4, -0.2) is 13.7 Å². The van der Waals surface area contributed by atoms with Gasteiger partial charge in [-0.2, -0.15) is 13.2 Å². The molecular formula is C21H14Cl2F3N3O2. The van der Waals surface area contributed by atoms with E-state index in [1.807, 2.05) is 0 Å².